The lowest BCUT2D eigenvalue weighted by molar-refractivity contribution is -0.120. The SMILES string of the molecule is O=C(Nc1ccc(S(=O)(=O)Nc2ccc(F)cc2)cc1)C1CCN(S(=O)(=O)Cc2ccc(F)cc2)CC1. The Labute approximate surface area is 214 Å². The summed E-state index contributed by atoms with van der Waals surface area (Å²) in [7, 11) is -7.51. The average molecular weight is 550 g/mol. The van der Waals surface area contributed by atoms with E-state index >= 15 is 0 Å². The number of halogens is 2. The van der Waals surface area contributed by atoms with Crippen LogP contribution in [0.4, 0.5) is 20.2 Å². The topological polar surface area (TPSA) is 113 Å². The molecule has 1 saturated heterocycles. The van der Waals surface area contributed by atoms with Crippen LogP contribution in [0.5, 0.6) is 0 Å². The molecule has 3 aromatic carbocycles. The van der Waals surface area contributed by atoms with E-state index in [0.717, 1.165) is 12.1 Å². The van der Waals surface area contributed by atoms with E-state index in [1.807, 2.05) is 0 Å². The molecule has 37 heavy (non-hydrogen) atoms. The maximum Gasteiger partial charge on any atom is 0.261 e. The van der Waals surface area contributed by atoms with Crippen LogP contribution in [-0.4, -0.2) is 40.1 Å². The van der Waals surface area contributed by atoms with E-state index in [-0.39, 0.29) is 35.3 Å². The van der Waals surface area contributed by atoms with Crippen molar-refractivity contribution < 1.29 is 30.4 Å². The fourth-order valence-electron chi connectivity index (χ4n) is 3.97. The minimum Gasteiger partial charge on any atom is -0.326 e. The lowest BCUT2D eigenvalue weighted by Gasteiger charge is -2.30. The van der Waals surface area contributed by atoms with Gasteiger partial charge in [0, 0.05) is 30.4 Å². The molecule has 0 aliphatic carbocycles. The second kappa shape index (κ2) is 11.0. The van der Waals surface area contributed by atoms with Gasteiger partial charge in [0.15, 0.2) is 0 Å². The maximum atomic E-state index is 13.1. The van der Waals surface area contributed by atoms with Gasteiger partial charge in [-0.1, -0.05) is 12.1 Å². The molecule has 0 bridgehead atoms. The quantitative estimate of drug-likeness (QED) is 0.442. The van der Waals surface area contributed by atoms with Crippen molar-refractivity contribution in [2.75, 3.05) is 23.1 Å². The van der Waals surface area contributed by atoms with Crippen molar-refractivity contribution in [3.8, 4) is 0 Å². The fraction of sp³-hybridized carbons (Fsp3) is 0.240. The van der Waals surface area contributed by atoms with E-state index < -0.39 is 37.6 Å². The highest BCUT2D eigenvalue weighted by Crippen LogP contribution is 2.24. The van der Waals surface area contributed by atoms with E-state index in [4.69, 9.17) is 0 Å². The molecule has 0 saturated carbocycles. The van der Waals surface area contributed by atoms with E-state index in [2.05, 4.69) is 10.0 Å². The second-order valence-corrected chi connectivity index (χ2v) is 12.3. The Balaban J connectivity index is 1.30. The van der Waals surface area contributed by atoms with Crippen molar-refractivity contribution in [3.05, 3.63) is 90.0 Å². The molecule has 4 rings (SSSR count). The van der Waals surface area contributed by atoms with Crippen molar-refractivity contribution in [2.45, 2.75) is 23.5 Å². The van der Waals surface area contributed by atoms with Crippen LogP contribution >= 0.6 is 0 Å². The number of piperidine rings is 1. The predicted molar refractivity (Wildman–Crippen MR) is 136 cm³/mol. The molecular weight excluding hydrogens is 524 g/mol. The minimum absolute atomic E-state index is 0.0329. The first kappa shape index (κ1) is 26.7. The number of carbonyl (C=O) groups is 1. The third-order valence-corrected chi connectivity index (χ3v) is 9.26. The maximum absolute atomic E-state index is 13.1. The largest absolute Gasteiger partial charge is 0.326 e. The Morgan fingerprint density at radius 1 is 0.784 bits per heavy atom. The van der Waals surface area contributed by atoms with Crippen LogP contribution in [0.15, 0.2) is 77.7 Å². The van der Waals surface area contributed by atoms with Gasteiger partial charge in [-0.25, -0.2) is 29.9 Å². The molecule has 0 atom stereocenters. The van der Waals surface area contributed by atoms with E-state index in [9.17, 15) is 30.4 Å². The standard InChI is InChI=1S/C25H25F2N3O5S2/c26-20-3-1-18(2-4-20)17-36(32,33)30-15-13-19(14-16-30)25(31)28-22-9-11-24(12-10-22)37(34,35)29-23-7-5-21(27)6-8-23/h1-12,19,29H,13-17H2,(H,28,31). The summed E-state index contributed by atoms with van der Waals surface area (Å²) in [5.74, 6) is -1.85. The molecule has 0 radical (unpaired) electrons. The van der Waals surface area contributed by atoms with Gasteiger partial charge < -0.3 is 5.32 Å². The van der Waals surface area contributed by atoms with Crippen LogP contribution < -0.4 is 10.0 Å². The number of hydrogen-bond donors (Lipinski definition) is 2. The molecule has 3 aromatic rings. The van der Waals surface area contributed by atoms with Crippen LogP contribution in [0.3, 0.4) is 0 Å². The van der Waals surface area contributed by atoms with Gasteiger partial charge in [-0.3, -0.25) is 9.52 Å². The van der Waals surface area contributed by atoms with E-state index in [1.165, 1.54) is 65.0 Å². The van der Waals surface area contributed by atoms with Gasteiger partial charge in [-0.2, -0.15) is 0 Å². The molecule has 1 heterocycles. The normalized spacial score (nSPS) is 15.3. The Hall–Kier alpha value is -3.35. The number of amides is 1. The number of nitrogens with one attached hydrogen (secondary N) is 2. The fourth-order valence-corrected chi connectivity index (χ4v) is 6.59. The van der Waals surface area contributed by atoms with Crippen LogP contribution in [0.25, 0.3) is 0 Å². The Morgan fingerprint density at radius 3 is 1.86 bits per heavy atom. The van der Waals surface area contributed by atoms with Crippen LogP contribution in [0.2, 0.25) is 0 Å². The van der Waals surface area contributed by atoms with E-state index in [1.54, 1.807) is 0 Å². The molecule has 12 heteroatoms. The molecule has 1 fully saturated rings. The summed E-state index contributed by atoms with van der Waals surface area (Å²) in [6.45, 7) is 0.377. The first-order valence-electron chi connectivity index (χ1n) is 11.4. The number of hydrogen-bond acceptors (Lipinski definition) is 5. The summed E-state index contributed by atoms with van der Waals surface area (Å²) in [4.78, 5) is 12.7. The second-order valence-electron chi connectivity index (χ2n) is 8.68. The lowest BCUT2D eigenvalue weighted by Crippen LogP contribution is -2.41. The molecule has 1 aliphatic rings. The summed E-state index contributed by atoms with van der Waals surface area (Å²) >= 11 is 0. The van der Waals surface area contributed by atoms with Crippen LogP contribution in [0, 0.1) is 17.6 Å². The highest BCUT2D eigenvalue weighted by atomic mass is 32.2. The van der Waals surface area contributed by atoms with Crippen LogP contribution in [0.1, 0.15) is 18.4 Å². The summed E-state index contributed by atoms with van der Waals surface area (Å²) in [5, 5.41) is 2.75. The average Bonchev–Trinajstić information content (AvgIpc) is 2.87. The van der Waals surface area contributed by atoms with Crippen molar-refractivity contribution >= 4 is 37.3 Å². The van der Waals surface area contributed by atoms with Crippen LogP contribution in [-0.2, 0) is 30.6 Å². The zero-order chi connectivity index (χ0) is 26.6. The zero-order valence-corrected chi connectivity index (χ0v) is 21.2. The number of sulfonamides is 2. The molecule has 2 N–H and O–H groups in total. The molecule has 1 aliphatic heterocycles. The Bertz CT molecular complexity index is 1450. The van der Waals surface area contributed by atoms with Gasteiger partial charge in [-0.15, -0.1) is 0 Å². The summed E-state index contributed by atoms with van der Waals surface area (Å²) in [6.07, 6.45) is 0.672. The third kappa shape index (κ3) is 6.90. The molecule has 196 valence electrons. The molecule has 0 spiro atoms. The Kier molecular flexibility index (Phi) is 7.90. The number of nitrogens with zero attached hydrogens (tertiary/aromatic N) is 1. The Morgan fingerprint density at radius 2 is 1.30 bits per heavy atom. The minimum atomic E-state index is -3.90. The summed E-state index contributed by atoms with van der Waals surface area (Å²) in [5.41, 5.74) is 1.10. The number of carbonyl (C=O) groups excluding carboxylic acids is 1. The number of benzene rings is 3. The molecule has 0 unspecified atom stereocenters. The molecule has 0 aromatic heterocycles. The van der Waals surface area contributed by atoms with Gasteiger partial charge in [0.25, 0.3) is 10.0 Å². The highest BCUT2D eigenvalue weighted by Gasteiger charge is 2.31. The van der Waals surface area contributed by atoms with Gasteiger partial charge in [0.2, 0.25) is 15.9 Å². The molecule has 1 amide bonds. The van der Waals surface area contributed by atoms with Crippen molar-refractivity contribution in [1.82, 2.24) is 4.31 Å². The third-order valence-electron chi connectivity index (χ3n) is 6.01. The molecular formula is C25H25F2N3O5S2. The van der Waals surface area contributed by atoms with Gasteiger partial charge in [0.05, 0.1) is 10.6 Å². The van der Waals surface area contributed by atoms with Gasteiger partial charge >= 0.3 is 0 Å². The first-order valence-corrected chi connectivity index (χ1v) is 14.5. The lowest BCUT2D eigenvalue weighted by atomic mass is 9.97. The first-order chi connectivity index (χ1) is 17.5. The number of rotatable bonds is 8. The summed E-state index contributed by atoms with van der Waals surface area (Å²) < 4.78 is 80.3. The number of anilines is 2. The van der Waals surface area contributed by atoms with Crippen molar-refractivity contribution in [2.24, 2.45) is 5.92 Å². The van der Waals surface area contributed by atoms with E-state index in [0.29, 0.717) is 24.1 Å². The van der Waals surface area contributed by atoms with Gasteiger partial charge in [-0.05, 0) is 79.1 Å². The monoisotopic (exact) mass is 549 g/mol. The van der Waals surface area contributed by atoms with Crippen molar-refractivity contribution in [1.29, 1.82) is 0 Å². The summed E-state index contributed by atoms with van der Waals surface area (Å²) in [6, 6.07) is 15.8. The van der Waals surface area contributed by atoms with Gasteiger partial charge in [0.1, 0.15) is 11.6 Å². The highest BCUT2D eigenvalue weighted by molar-refractivity contribution is 7.92. The zero-order valence-electron chi connectivity index (χ0n) is 19.6. The smallest absolute Gasteiger partial charge is 0.261 e. The molecule has 8 nitrogen and oxygen atoms in total. The predicted octanol–water partition coefficient (Wildman–Crippen LogP) is 3.95. The van der Waals surface area contributed by atoms with Crippen molar-refractivity contribution in [3.63, 3.8) is 0 Å².